The normalized spacial score (nSPS) is 14.5. The SMILES string of the molecule is CN(CCN1CCC(OC(=O)Nc2ccccc2-c2ccccc2)CC1)Cc1cc(CO)ccc1C=O. The van der Waals surface area contributed by atoms with Crippen molar-refractivity contribution in [1.82, 2.24) is 9.80 Å². The van der Waals surface area contributed by atoms with Crippen molar-refractivity contribution in [3.8, 4) is 11.1 Å². The molecule has 0 aromatic heterocycles. The second kappa shape index (κ2) is 13.1. The molecular formula is C30H35N3O4. The van der Waals surface area contributed by atoms with Gasteiger partial charge in [0.05, 0.1) is 12.3 Å². The molecule has 1 aliphatic rings. The second-order valence-corrected chi connectivity index (χ2v) is 9.53. The van der Waals surface area contributed by atoms with Crippen LogP contribution in [0, 0.1) is 0 Å². The van der Waals surface area contributed by atoms with Gasteiger partial charge in [-0.15, -0.1) is 0 Å². The summed E-state index contributed by atoms with van der Waals surface area (Å²) < 4.78 is 5.75. The van der Waals surface area contributed by atoms with Gasteiger partial charge in [-0.05, 0) is 42.6 Å². The number of aliphatic hydroxyl groups excluding tert-OH is 1. The smallest absolute Gasteiger partial charge is 0.411 e. The number of nitrogens with one attached hydrogen (secondary N) is 1. The summed E-state index contributed by atoms with van der Waals surface area (Å²) in [7, 11) is 2.04. The number of likely N-dealkylation sites (tertiary alicyclic amines) is 1. The minimum Gasteiger partial charge on any atom is -0.446 e. The lowest BCUT2D eigenvalue weighted by Gasteiger charge is -2.32. The molecule has 7 heteroatoms. The Hall–Kier alpha value is -3.52. The number of amides is 1. The van der Waals surface area contributed by atoms with Crippen LogP contribution in [0.4, 0.5) is 10.5 Å². The second-order valence-electron chi connectivity index (χ2n) is 9.53. The van der Waals surface area contributed by atoms with E-state index in [9.17, 15) is 14.7 Å². The number of para-hydroxylation sites is 1. The number of hydrogen-bond donors (Lipinski definition) is 2. The molecule has 37 heavy (non-hydrogen) atoms. The van der Waals surface area contributed by atoms with E-state index in [0.29, 0.717) is 12.1 Å². The standard InChI is InChI=1S/C30H35N3O4/c1-32(20-26-19-23(21-34)11-12-25(26)22-35)17-18-33-15-13-27(14-16-33)37-30(36)31-29-10-6-5-9-28(29)24-7-3-2-4-8-24/h2-12,19,22,27,34H,13-18,20-21H2,1H3,(H,31,36). The fourth-order valence-electron chi connectivity index (χ4n) is 4.69. The van der Waals surface area contributed by atoms with E-state index < -0.39 is 6.09 Å². The summed E-state index contributed by atoms with van der Waals surface area (Å²) in [5.74, 6) is 0. The fraction of sp³-hybridized carbons (Fsp3) is 0.333. The van der Waals surface area contributed by atoms with Crippen molar-refractivity contribution in [2.75, 3.05) is 38.5 Å². The van der Waals surface area contributed by atoms with Gasteiger partial charge in [0.1, 0.15) is 12.4 Å². The average molecular weight is 502 g/mol. The van der Waals surface area contributed by atoms with Crippen molar-refractivity contribution in [3.05, 3.63) is 89.5 Å². The zero-order valence-corrected chi connectivity index (χ0v) is 21.3. The van der Waals surface area contributed by atoms with Crippen molar-refractivity contribution in [2.24, 2.45) is 0 Å². The van der Waals surface area contributed by atoms with Crippen LogP contribution in [-0.2, 0) is 17.9 Å². The third kappa shape index (κ3) is 7.49. The number of anilines is 1. The molecule has 0 saturated carbocycles. The van der Waals surface area contributed by atoms with Gasteiger partial charge in [-0.1, -0.05) is 66.7 Å². The first kappa shape index (κ1) is 26.5. The summed E-state index contributed by atoms with van der Waals surface area (Å²) in [6, 6.07) is 23.2. The van der Waals surface area contributed by atoms with Gasteiger partial charge in [-0.2, -0.15) is 0 Å². The number of ether oxygens (including phenoxy) is 1. The quantitative estimate of drug-likeness (QED) is 0.388. The lowest BCUT2D eigenvalue weighted by atomic mass is 10.0. The van der Waals surface area contributed by atoms with Crippen LogP contribution in [0.3, 0.4) is 0 Å². The topological polar surface area (TPSA) is 82.1 Å². The van der Waals surface area contributed by atoms with Gasteiger partial charge in [0.15, 0.2) is 0 Å². The van der Waals surface area contributed by atoms with Gasteiger partial charge in [0.2, 0.25) is 0 Å². The number of rotatable bonds is 10. The molecular weight excluding hydrogens is 466 g/mol. The van der Waals surface area contributed by atoms with Crippen LogP contribution in [0.1, 0.15) is 34.3 Å². The summed E-state index contributed by atoms with van der Waals surface area (Å²) in [4.78, 5) is 28.6. The van der Waals surface area contributed by atoms with Crippen molar-refractivity contribution in [1.29, 1.82) is 0 Å². The van der Waals surface area contributed by atoms with Crippen LogP contribution in [0.15, 0.2) is 72.8 Å². The Morgan fingerprint density at radius 1 is 1.08 bits per heavy atom. The highest BCUT2D eigenvalue weighted by Gasteiger charge is 2.23. The number of aldehydes is 1. The van der Waals surface area contributed by atoms with E-state index in [1.807, 2.05) is 67.7 Å². The number of benzene rings is 3. The Bertz CT molecular complexity index is 1180. The maximum absolute atomic E-state index is 12.6. The van der Waals surface area contributed by atoms with Crippen molar-refractivity contribution >= 4 is 18.1 Å². The minimum atomic E-state index is -0.419. The van der Waals surface area contributed by atoms with Crippen molar-refractivity contribution in [2.45, 2.75) is 32.1 Å². The minimum absolute atomic E-state index is 0.0373. The Labute approximate surface area is 218 Å². The van der Waals surface area contributed by atoms with E-state index >= 15 is 0 Å². The van der Waals surface area contributed by atoms with Crippen LogP contribution in [-0.4, -0.2) is 66.6 Å². The molecule has 0 aliphatic carbocycles. The van der Waals surface area contributed by atoms with Gasteiger partial charge in [0.25, 0.3) is 0 Å². The van der Waals surface area contributed by atoms with Gasteiger partial charge in [0, 0.05) is 43.9 Å². The van der Waals surface area contributed by atoms with Gasteiger partial charge >= 0.3 is 6.09 Å². The maximum atomic E-state index is 12.6. The summed E-state index contributed by atoms with van der Waals surface area (Å²) in [5.41, 5.74) is 5.13. The summed E-state index contributed by atoms with van der Waals surface area (Å²) in [6.45, 7) is 4.09. The highest BCUT2D eigenvalue weighted by Crippen LogP contribution is 2.28. The lowest BCUT2D eigenvalue weighted by Crippen LogP contribution is -2.41. The Balaban J connectivity index is 1.21. The monoisotopic (exact) mass is 501 g/mol. The number of hydrogen-bond acceptors (Lipinski definition) is 6. The van der Waals surface area contributed by atoms with E-state index in [1.165, 1.54) is 0 Å². The van der Waals surface area contributed by atoms with E-state index in [4.69, 9.17) is 4.74 Å². The molecule has 1 saturated heterocycles. The Morgan fingerprint density at radius 3 is 2.54 bits per heavy atom. The number of aliphatic hydroxyl groups is 1. The average Bonchev–Trinajstić information content (AvgIpc) is 2.93. The summed E-state index contributed by atoms with van der Waals surface area (Å²) in [5, 5.41) is 12.3. The zero-order valence-electron chi connectivity index (χ0n) is 21.3. The number of piperidine rings is 1. The molecule has 1 aliphatic heterocycles. The maximum Gasteiger partial charge on any atom is 0.411 e. The van der Waals surface area contributed by atoms with Crippen LogP contribution in [0.5, 0.6) is 0 Å². The summed E-state index contributed by atoms with van der Waals surface area (Å²) in [6.07, 6.45) is 1.94. The molecule has 0 atom stereocenters. The van der Waals surface area contributed by atoms with Crippen LogP contribution >= 0.6 is 0 Å². The Morgan fingerprint density at radius 2 is 1.81 bits per heavy atom. The number of carbonyl (C=O) groups excluding carboxylic acids is 2. The highest BCUT2D eigenvalue weighted by atomic mass is 16.6. The van der Waals surface area contributed by atoms with Crippen LogP contribution in [0.25, 0.3) is 11.1 Å². The molecule has 0 unspecified atom stereocenters. The van der Waals surface area contributed by atoms with Crippen molar-refractivity contribution < 1.29 is 19.4 Å². The van der Waals surface area contributed by atoms with Gasteiger partial charge < -0.3 is 19.6 Å². The molecule has 0 bridgehead atoms. The zero-order chi connectivity index (χ0) is 26.0. The molecule has 3 aromatic carbocycles. The van der Waals surface area contributed by atoms with Crippen LogP contribution in [0.2, 0.25) is 0 Å². The molecule has 4 rings (SSSR count). The first-order chi connectivity index (χ1) is 18.1. The highest BCUT2D eigenvalue weighted by molar-refractivity contribution is 5.91. The molecule has 1 amide bonds. The lowest BCUT2D eigenvalue weighted by molar-refractivity contribution is 0.0563. The molecule has 7 nitrogen and oxygen atoms in total. The first-order valence-corrected chi connectivity index (χ1v) is 12.8. The predicted octanol–water partition coefficient (Wildman–Crippen LogP) is 4.80. The Kier molecular flexibility index (Phi) is 9.43. The molecule has 0 radical (unpaired) electrons. The van der Waals surface area contributed by atoms with Gasteiger partial charge in [-0.3, -0.25) is 10.1 Å². The largest absolute Gasteiger partial charge is 0.446 e. The number of likely N-dealkylation sites (N-methyl/N-ethyl adjacent to an activating group) is 1. The number of carbonyl (C=O) groups is 2. The molecule has 1 heterocycles. The van der Waals surface area contributed by atoms with Crippen LogP contribution < -0.4 is 5.32 Å². The van der Waals surface area contributed by atoms with Gasteiger partial charge in [-0.25, -0.2) is 4.79 Å². The van der Waals surface area contributed by atoms with E-state index in [0.717, 1.165) is 73.2 Å². The van der Waals surface area contributed by atoms with Crippen molar-refractivity contribution in [3.63, 3.8) is 0 Å². The summed E-state index contributed by atoms with van der Waals surface area (Å²) >= 11 is 0. The first-order valence-electron chi connectivity index (χ1n) is 12.8. The molecule has 194 valence electrons. The van der Waals surface area contributed by atoms with E-state index in [-0.39, 0.29) is 12.7 Å². The number of nitrogens with zero attached hydrogens (tertiary/aromatic N) is 2. The van der Waals surface area contributed by atoms with E-state index in [2.05, 4.69) is 15.1 Å². The molecule has 3 aromatic rings. The third-order valence-electron chi connectivity index (χ3n) is 6.81. The fourth-order valence-corrected chi connectivity index (χ4v) is 4.69. The third-order valence-corrected chi connectivity index (χ3v) is 6.81. The molecule has 0 spiro atoms. The predicted molar refractivity (Wildman–Crippen MR) is 146 cm³/mol. The van der Waals surface area contributed by atoms with E-state index in [1.54, 1.807) is 12.1 Å². The molecule has 2 N–H and O–H groups in total. The molecule has 1 fully saturated rings.